The van der Waals surface area contributed by atoms with E-state index in [1.165, 1.54) is 11.1 Å². The van der Waals surface area contributed by atoms with E-state index >= 15 is 0 Å². The fraction of sp³-hybridized carbons (Fsp3) is 0.267. The fourth-order valence-electron chi connectivity index (χ4n) is 2.96. The first kappa shape index (κ1) is 12.1. The van der Waals surface area contributed by atoms with Gasteiger partial charge in [-0.15, -0.1) is 0 Å². The Morgan fingerprint density at radius 1 is 1.19 bits per heavy atom. The maximum Gasteiger partial charge on any atom is 0.163 e. The van der Waals surface area contributed by atoms with Crippen molar-refractivity contribution in [2.24, 2.45) is 7.05 Å². The molecule has 3 aromatic rings. The summed E-state index contributed by atoms with van der Waals surface area (Å²) in [7, 11) is 1.89. The summed E-state index contributed by atoms with van der Waals surface area (Å²) in [5, 5.41) is 5.27. The maximum absolute atomic E-state index is 5.90. The number of hydrogen-bond acceptors (Lipinski definition) is 5. The van der Waals surface area contributed by atoms with E-state index in [0.29, 0.717) is 0 Å². The molecule has 106 valence electrons. The van der Waals surface area contributed by atoms with Crippen molar-refractivity contribution in [3.8, 4) is 0 Å². The lowest BCUT2D eigenvalue weighted by Gasteiger charge is -2.30. The van der Waals surface area contributed by atoms with Gasteiger partial charge in [0.05, 0.1) is 11.6 Å². The molecule has 0 saturated heterocycles. The molecule has 0 amide bonds. The van der Waals surface area contributed by atoms with Crippen LogP contribution >= 0.6 is 0 Å². The molecular formula is C15H16N6. The molecule has 0 aliphatic carbocycles. The standard InChI is InChI=1S/C15H16N6/c1-20-14-13(7-19-20)15(18-9-17-14)21-5-4-10-2-3-12(16)6-11(10)8-21/h2-3,6-7,9H,4-5,8,16H2,1H3. The number of fused-ring (bicyclic) bond motifs is 2. The zero-order chi connectivity index (χ0) is 14.4. The van der Waals surface area contributed by atoms with Crippen LogP contribution in [0.5, 0.6) is 0 Å². The summed E-state index contributed by atoms with van der Waals surface area (Å²) >= 11 is 0. The summed E-state index contributed by atoms with van der Waals surface area (Å²) in [6.45, 7) is 1.76. The Morgan fingerprint density at radius 2 is 2.10 bits per heavy atom. The molecular weight excluding hydrogens is 264 g/mol. The Balaban J connectivity index is 1.77. The van der Waals surface area contributed by atoms with E-state index in [9.17, 15) is 0 Å². The Bertz CT molecular complexity index is 822. The highest BCUT2D eigenvalue weighted by Gasteiger charge is 2.20. The van der Waals surface area contributed by atoms with Crippen molar-refractivity contribution < 1.29 is 0 Å². The van der Waals surface area contributed by atoms with Gasteiger partial charge in [-0.05, 0) is 29.7 Å². The first-order chi connectivity index (χ1) is 10.2. The third kappa shape index (κ3) is 1.91. The molecule has 6 heteroatoms. The molecule has 6 nitrogen and oxygen atoms in total. The van der Waals surface area contributed by atoms with Gasteiger partial charge in [0, 0.05) is 25.8 Å². The molecule has 1 aliphatic rings. The highest BCUT2D eigenvalue weighted by molar-refractivity contribution is 5.86. The lowest BCUT2D eigenvalue weighted by molar-refractivity contribution is 0.723. The number of rotatable bonds is 1. The van der Waals surface area contributed by atoms with Crippen molar-refractivity contribution >= 4 is 22.5 Å². The number of nitrogens with two attached hydrogens (primary N) is 1. The minimum absolute atomic E-state index is 0.810. The highest BCUT2D eigenvalue weighted by Crippen LogP contribution is 2.28. The number of aromatic nitrogens is 4. The van der Waals surface area contributed by atoms with Crippen LogP contribution in [0.2, 0.25) is 0 Å². The lowest BCUT2D eigenvalue weighted by Crippen LogP contribution is -2.31. The summed E-state index contributed by atoms with van der Waals surface area (Å²) in [5.41, 5.74) is 10.2. The van der Waals surface area contributed by atoms with Gasteiger partial charge >= 0.3 is 0 Å². The van der Waals surface area contributed by atoms with Crippen LogP contribution in [0, 0.1) is 0 Å². The number of nitrogen functional groups attached to an aromatic ring is 1. The average Bonchev–Trinajstić information content (AvgIpc) is 2.88. The van der Waals surface area contributed by atoms with Gasteiger partial charge in [-0.1, -0.05) is 6.07 Å². The smallest absolute Gasteiger partial charge is 0.163 e. The molecule has 21 heavy (non-hydrogen) atoms. The van der Waals surface area contributed by atoms with Gasteiger partial charge in [-0.2, -0.15) is 5.10 Å². The largest absolute Gasteiger partial charge is 0.399 e. The van der Waals surface area contributed by atoms with Crippen LogP contribution in [-0.2, 0) is 20.0 Å². The molecule has 0 bridgehead atoms. The number of benzene rings is 1. The normalized spacial score (nSPS) is 14.4. The molecule has 1 aliphatic heterocycles. The van der Waals surface area contributed by atoms with E-state index in [0.717, 1.165) is 42.0 Å². The van der Waals surface area contributed by atoms with Gasteiger partial charge in [0.15, 0.2) is 5.65 Å². The zero-order valence-corrected chi connectivity index (χ0v) is 11.8. The van der Waals surface area contributed by atoms with Gasteiger partial charge in [-0.3, -0.25) is 4.68 Å². The molecule has 0 unspecified atom stereocenters. The van der Waals surface area contributed by atoms with E-state index in [2.05, 4.69) is 32.1 Å². The highest BCUT2D eigenvalue weighted by atomic mass is 15.3. The summed E-state index contributed by atoms with van der Waals surface area (Å²) in [6, 6.07) is 6.16. The van der Waals surface area contributed by atoms with Crippen molar-refractivity contribution in [1.29, 1.82) is 0 Å². The topological polar surface area (TPSA) is 72.9 Å². The molecule has 3 heterocycles. The van der Waals surface area contributed by atoms with Crippen LogP contribution in [0.1, 0.15) is 11.1 Å². The third-order valence-corrected chi connectivity index (χ3v) is 4.05. The van der Waals surface area contributed by atoms with Crippen LogP contribution < -0.4 is 10.6 Å². The zero-order valence-electron chi connectivity index (χ0n) is 11.8. The second kappa shape index (κ2) is 4.44. The summed E-state index contributed by atoms with van der Waals surface area (Å²) in [4.78, 5) is 11.0. The first-order valence-electron chi connectivity index (χ1n) is 6.97. The summed E-state index contributed by atoms with van der Waals surface area (Å²) in [5.74, 6) is 0.946. The van der Waals surface area contributed by atoms with Crippen molar-refractivity contribution in [3.63, 3.8) is 0 Å². The van der Waals surface area contributed by atoms with Crippen molar-refractivity contribution in [2.75, 3.05) is 17.2 Å². The van der Waals surface area contributed by atoms with Crippen LogP contribution in [0.25, 0.3) is 11.0 Å². The van der Waals surface area contributed by atoms with Gasteiger partial charge in [0.2, 0.25) is 0 Å². The molecule has 0 saturated carbocycles. The SMILES string of the molecule is Cn1ncc2c(N3CCc4ccc(N)cc4C3)ncnc21. The Morgan fingerprint density at radius 3 is 3.00 bits per heavy atom. The molecule has 2 N–H and O–H groups in total. The maximum atomic E-state index is 5.90. The minimum Gasteiger partial charge on any atom is -0.399 e. The van der Waals surface area contributed by atoms with E-state index in [-0.39, 0.29) is 0 Å². The number of hydrogen-bond donors (Lipinski definition) is 1. The molecule has 1 aromatic carbocycles. The van der Waals surface area contributed by atoms with Gasteiger partial charge in [-0.25, -0.2) is 9.97 Å². The third-order valence-electron chi connectivity index (χ3n) is 4.05. The van der Waals surface area contributed by atoms with Crippen LogP contribution in [-0.4, -0.2) is 26.3 Å². The number of aryl methyl sites for hydroxylation is 1. The monoisotopic (exact) mass is 280 g/mol. The van der Waals surface area contributed by atoms with Crippen molar-refractivity contribution in [1.82, 2.24) is 19.7 Å². The van der Waals surface area contributed by atoms with Crippen molar-refractivity contribution in [3.05, 3.63) is 41.9 Å². The Labute approximate surface area is 122 Å². The van der Waals surface area contributed by atoms with Crippen LogP contribution in [0.3, 0.4) is 0 Å². The molecule has 0 radical (unpaired) electrons. The summed E-state index contributed by atoms with van der Waals surface area (Å²) in [6.07, 6.45) is 4.44. The fourth-order valence-corrected chi connectivity index (χ4v) is 2.96. The molecule has 0 spiro atoms. The van der Waals surface area contributed by atoms with Crippen molar-refractivity contribution in [2.45, 2.75) is 13.0 Å². The first-order valence-corrected chi connectivity index (χ1v) is 6.97. The van der Waals surface area contributed by atoms with Gasteiger partial charge in [0.1, 0.15) is 12.1 Å². The second-order valence-electron chi connectivity index (χ2n) is 5.40. The quantitative estimate of drug-likeness (QED) is 0.684. The average molecular weight is 280 g/mol. The molecule has 0 fully saturated rings. The van der Waals surface area contributed by atoms with E-state index < -0.39 is 0 Å². The predicted molar refractivity (Wildman–Crippen MR) is 81.9 cm³/mol. The van der Waals surface area contributed by atoms with Crippen LogP contribution in [0.15, 0.2) is 30.7 Å². The Kier molecular flexibility index (Phi) is 2.57. The molecule has 2 aromatic heterocycles. The van der Waals surface area contributed by atoms with E-state index in [1.54, 1.807) is 11.0 Å². The summed E-state index contributed by atoms with van der Waals surface area (Å²) < 4.78 is 1.77. The predicted octanol–water partition coefficient (Wildman–Crippen LogP) is 1.51. The minimum atomic E-state index is 0.810. The van der Waals surface area contributed by atoms with E-state index in [4.69, 9.17) is 5.73 Å². The molecule has 4 rings (SSSR count). The van der Waals surface area contributed by atoms with Crippen LogP contribution in [0.4, 0.5) is 11.5 Å². The lowest BCUT2D eigenvalue weighted by atomic mass is 9.99. The molecule has 0 atom stereocenters. The van der Waals surface area contributed by atoms with E-state index in [1.807, 2.05) is 19.3 Å². The Hall–Kier alpha value is -2.63. The number of anilines is 2. The second-order valence-corrected chi connectivity index (χ2v) is 5.40. The number of nitrogens with zero attached hydrogens (tertiary/aromatic N) is 5. The van der Waals surface area contributed by atoms with Gasteiger partial charge < -0.3 is 10.6 Å². The van der Waals surface area contributed by atoms with Gasteiger partial charge in [0.25, 0.3) is 0 Å².